The number of nitrogens with one attached hydrogen (secondary N) is 3. The third-order valence-corrected chi connectivity index (χ3v) is 5.09. The summed E-state index contributed by atoms with van der Waals surface area (Å²) in [7, 11) is 0. The third-order valence-electron chi connectivity index (χ3n) is 5.09. The zero-order valence-corrected chi connectivity index (χ0v) is 17.3. The summed E-state index contributed by atoms with van der Waals surface area (Å²) in [5.41, 5.74) is 2.70. The van der Waals surface area contributed by atoms with Crippen LogP contribution in [0.2, 0.25) is 0 Å². The summed E-state index contributed by atoms with van der Waals surface area (Å²) >= 11 is 0. The number of amides is 2. The molecule has 0 saturated heterocycles. The number of benzene rings is 3. The highest BCUT2D eigenvalue weighted by molar-refractivity contribution is 6.05. The van der Waals surface area contributed by atoms with Crippen molar-refractivity contribution in [2.24, 2.45) is 0 Å². The van der Waals surface area contributed by atoms with Crippen molar-refractivity contribution in [2.45, 2.75) is 6.42 Å². The van der Waals surface area contributed by atoms with E-state index in [0.717, 1.165) is 16.5 Å². The average Bonchev–Trinajstić information content (AvgIpc) is 3.23. The molecule has 6 heteroatoms. The van der Waals surface area contributed by atoms with Crippen LogP contribution in [0.1, 0.15) is 21.5 Å². The maximum absolute atomic E-state index is 14.2. The van der Waals surface area contributed by atoms with Crippen molar-refractivity contribution in [3.63, 3.8) is 0 Å². The zero-order valence-electron chi connectivity index (χ0n) is 17.3. The minimum atomic E-state index is -0.489. The summed E-state index contributed by atoms with van der Waals surface area (Å²) in [6.45, 7) is 0.358. The third kappa shape index (κ3) is 4.92. The van der Waals surface area contributed by atoms with E-state index in [2.05, 4.69) is 15.6 Å². The first-order valence-corrected chi connectivity index (χ1v) is 10.3. The Balaban J connectivity index is 1.50. The maximum atomic E-state index is 14.2. The lowest BCUT2D eigenvalue weighted by molar-refractivity contribution is -0.117. The summed E-state index contributed by atoms with van der Waals surface area (Å²) in [5, 5.41) is 6.54. The zero-order chi connectivity index (χ0) is 22.3. The molecule has 1 aromatic heterocycles. The number of halogens is 1. The van der Waals surface area contributed by atoms with Gasteiger partial charge in [-0.1, -0.05) is 54.6 Å². The lowest BCUT2D eigenvalue weighted by atomic mass is 10.1. The van der Waals surface area contributed by atoms with Crippen molar-refractivity contribution in [2.75, 3.05) is 6.54 Å². The molecule has 4 aromatic rings. The second-order valence-corrected chi connectivity index (χ2v) is 7.27. The van der Waals surface area contributed by atoms with Gasteiger partial charge in [-0.3, -0.25) is 9.59 Å². The lowest BCUT2D eigenvalue weighted by Gasteiger charge is -2.11. The van der Waals surface area contributed by atoms with Crippen LogP contribution in [-0.4, -0.2) is 23.3 Å². The Morgan fingerprint density at radius 1 is 0.906 bits per heavy atom. The summed E-state index contributed by atoms with van der Waals surface area (Å²) in [4.78, 5) is 28.7. The Morgan fingerprint density at radius 2 is 1.62 bits per heavy atom. The molecule has 0 aliphatic rings. The van der Waals surface area contributed by atoms with Crippen LogP contribution in [0, 0.1) is 5.82 Å². The molecule has 160 valence electrons. The normalized spacial score (nSPS) is 11.3. The van der Waals surface area contributed by atoms with Crippen LogP contribution in [0.3, 0.4) is 0 Å². The fourth-order valence-corrected chi connectivity index (χ4v) is 3.43. The van der Waals surface area contributed by atoms with Gasteiger partial charge in [0.2, 0.25) is 0 Å². The van der Waals surface area contributed by atoms with Gasteiger partial charge in [-0.2, -0.15) is 0 Å². The smallest absolute Gasteiger partial charge is 0.267 e. The number of aromatic amines is 1. The van der Waals surface area contributed by atoms with Gasteiger partial charge in [0, 0.05) is 34.8 Å². The van der Waals surface area contributed by atoms with Gasteiger partial charge in [0.25, 0.3) is 11.8 Å². The SMILES string of the molecule is O=C(NCCc1c[nH]c2ccccc12)C(=Cc1ccccc1F)NC(=O)c1ccccc1. The standard InChI is InChI=1S/C26H22FN3O2/c27-22-12-6-4-10-19(22)16-24(30-25(31)18-8-2-1-3-9-18)26(32)28-15-14-20-17-29-23-13-7-5-11-21(20)23/h1-13,16-17,29H,14-15H2,(H,28,32)(H,30,31). The van der Waals surface area contributed by atoms with Crippen LogP contribution in [0.5, 0.6) is 0 Å². The predicted octanol–water partition coefficient (Wildman–Crippen LogP) is 4.44. The number of hydrogen-bond donors (Lipinski definition) is 3. The minimum absolute atomic E-state index is 0.0251. The van der Waals surface area contributed by atoms with E-state index in [9.17, 15) is 14.0 Å². The molecule has 5 nitrogen and oxygen atoms in total. The molecule has 0 aliphatic heterocycles. The first-order valence-electron chi connectivity index (χ1n) is 10.3. The number of carbonyl (C=O) groups excluding carboxylic acids is 2. The Morgan fingerprint density at radius 3 is 2.44 bits per heavy atom. The van der Waals surface area contributed by atoms with Crippen molar-refractivity contribution in [1.29, 1.82) is 0 Å². The van der Waals surface area contributed by atoms with Gasteiger partial charge in [-0.15, -0.1) is 0 Å². The van der Waals surface area contributed by atoms with Crippen LogP contribution in [-0.2, 0) is 11.2 Å². The van der Waals surface area contributed by atoms with Crippen LogP contribution < -0.4 is 10.6 Å². The molecule has 3 N–H and O–H groups in total. The molecule has 0 spiro atoms. The van der Waals surface area contributed by atoms with Gasteiger partial charge < -0.3 is 15.6 Å². The lowest BCUT2D eigenvalue weighted by Crippen LogP contribution is -2.35. The molecular weight excluding hydrogens is 405 g/mol. The summed E-state index contributed by atoms with van der Waals surface area (Å²) < 4.78 is 14.2. The van der Waals surface area contributed by atoms with E-state index in [-0.39, 0.29) is 11.3 Å². The van der Waals surface area contributed by atoms with Gasteiger partial charge in [-0.05, 0) is 42.3 Å². The summed E-state index contributed by atoms with van der Waals surface area (Å²) in [6.07, 6.45) is 3.87. The first-order chi connectivity index (χ1) is 15.6. The highest BCUT2D eigenvalue weighted by atomic mass is 19.1. The maximum Gasteiger partial charge on any atom is 0.267 e. The van der Waals surface area contributed by atoms with E-state index in [1.54, 1.807) is 48.5 Å². The van der Waals surface area contributed by atoms with E-state index in [0.29, 0.717) is 18.5 Å². The molecule has 0 aliphatic carbocycles. The average molecular weight is 427 g/mol. The number of carbonyl (C=O) groups is 2. The number of para-hydroxylation sites is 1. The Bertz CT molecular complexity index is 1280. The van der Waals surface area contributed by atoms with Crippen LogP contribution in [0.25, 0.3) is 17.0 Å². The fourth-order valence-electron chi connectivity index (χ4n) is 3.43. The number of H-pyrrole nitrogens is 1. The molecule has 0 fully saturated rings. The molecule has 1 heterocycles. The monoisotopic (exact) mass is 427 g/mol. The number of fused-ring (bicyclic) bond motifs is 1. The summed E-state index contributed by atoms with van der Waals surface area (Å²) in [6, 6.07) is 22.6. The molecule has 0 radical (unpaired) electrons. The molecule has 0 unspecified atom stereocenters. The van der Waals surface area contributed by atoms with Gasteiger partial charge in [-0.25, -0.2) is 4.39 Å². The van der Waals surface area contributed by atoms with E-state index in [1.807, 2.05) is 30.5 Å². The first kappa shape index (κ1) is 21.1. The van der Waals surface area contributed by atoms with Gasteiger partial charge in [0.1, 0.15) is 11.5 Å². The van der Waals surface area contributed by atoms with Gasteiger partial charge >= 0.3 is 0 Å². The topological polar surface area (TPSA) is 74.0 Å². The molecule has 0 saturated carbocycles. The van der Waals surface area contributed by atoms with E-state index >= 15 is 0 Å². The molecule has 3 aromatic carbocycles. The molecule has 4 rings (SSSR count). The van der Waals surface area contributed by atoms with Crippen LogP contribution >= 0.6 is 0 Å². The van der Waals surface area contributed by atoms with E-state index in [1.165, 1.54) is 12.1 Å². The van der Waals surface area contributed by atoms with Crippen molar-refractivity contribution < 1.29 is 14.0 Å². The highest BCUT2D eigenvalue weighted by Crippen LogP contribution is 2.18. The van der Waals surface area contributed by atoms with Crippen LogP contribution in [0.15, 0.2) is 90.8 Å². The molecular formula is C26H22FN3O2. The Kier molecular flexibility index (Phi) is 6.41. The summed E-state index contributed by atoms with van der Waals surface area (Å²) in [5.74, 6) is -1.41. The second-order valence-electron chi connectivity index (χ2n) is 7.27. The second kappa shape index (κ2) is 9.75. The van der Waals surface area contributed by atoms with Gasteiger partial charge in [0.05, 0.1) is 0 Å². The molecule has 0 atom stereocenters. The van der Waals surface area contributed by atoms with Crippen molar-refractivity contribution in [3.05, 3.63) is 113 Å². The quantitative estimate of drug-likeness (QED) is 0.382. The van der Waals surface area contributed by atoms with Crippen LogP contribution in [0.4, 0.5) is 4.39 Å². The number of aromatic nitrogens is 1. The van der Waals surface area contributed by atoms with Crippen molar-refractivity contribution >= 4 is 28.8 Å². The highest BCUT2D eigenvalue weighted by Gasteiger charge is 2.15. The van der Waals surface area contributed by atoms with E-state index < -0.39 is 17.6 Å². The molecule has 2 amide bonds. The molecule has 32 heavy (non-hydrogen) atoms. The number of hydrogen-bond acceptors (Lipinski definition) is 2. The Hall–Kier alpha value is -4.19. The van der Waals surface area contributed by atoms with Crippen molar-refractivity contribution in [1.82, 2.24) is 15.6 Å². The van der Waals surface area contributed by atoms with Gasteiger partial charge in [0.15, 0.2) is 0 Å². The largest absolute Gasteiger partial charge is 0.361 e. The van der Waals surface area contributed by atoms with E-state index in [4.69, 9.17) is 0 Å². The fraction of sp³-hybridized carbons (Fsp3) is 0.0769. The molecule has 0 bridgehead atoms. The van der Waals surface area contributed by atoms with Crippen molar-refractivity contribution in [3.8, 4) is 0 Å². The Labute approximate surface area is 185 Å². The predicted molar refractivity (Wildman–Crippen MR) is 123 cm³/mol. The number of rotatable bonds is 7. The minimum Gasteiger partial charge on any atom is -0.361 e.